The molecule has 0 aromatic heterocycles. The highest BCUT2D eigenvalue weighted by Gasteiger charge is 2.38. The molecule has 1 nitrogen and oxygen atoms in total. The number of thioether (sulfide) groups is 1. The summed E-state index contributed by atoms with van der Waals surface area (Å²) in [6.45, 7) is 5.42. The van der Waals surface area contributed by atoms with E-state index in [0.29, 0.717) is 0 Å². The van der Waals surface area contributed by atoms with Gasteiger partial charge in [-0.3, -0.25) is 0 Å². The molecule has 0 saturated carbocycles. The van der Waals surface area contributed by atoms with Crippen molar-refractivity contribution in [1.29, 1.82) is 0 Å². The van der Waals surface area contributed by atoms with Crippen molar-refractivity contribution in [3.63, 3.8) is 0 Å². The average Bonchev–Trinajstić information content (AvgIpc) is 1.78. The van der Waals surface area contributed by atoms with Gasteiger partial charge in [-0.2, -0.15) is 24.9 Å². The van der Waals surface area contributed by atoms with Crippen LogP contribution in [0.2, 0.25) is 0 Å². The summed E-state index contributed by atoms with van der Waals surface area (Å²) in [5, 5.41) is 8.60. The van der Waals surface area contributed by atoms with Crippen molar-refractivity contribution in [2.24, 2.45) is 0 Å². The van der Waals surface area contributed by atoms with E-state index in [4.69, 9.17) is 5.11 Å². The first-order valence-electron chi connectivity index (χ1n) is 3.51. The second-order valence-corrected chi connectivity index (χ2v) is 5.33. The van der Waals surface area contributed by atoms with Gasteiger partial charge in [-0.1, -0.05) is 20.8 Å². The van der Waals surface area contributed by atoms with Gasteiger partial charge in [-0.05, 0) is 0 Å². The molecule has 5 heteroatoms. The van der Waals surface area contributed by atoms with Crippen LogP contribution in [0, 0.1) is 0 Å². The summed E-state index contributed by atoms with van der Waals surface area (Å²) in [4.78, 5) is 0. The van der Waals surface area contributed by atoms with Crippen molar-refractivity contribution < 1.29 is 18.3 Å². The molecule has 1 atom stereocenters. The number of hydrogen-bond donors (Lipinski definition) is 1. The van der Waals surface area contributed by atoms with Crippen LogP contribution in [0.25, 0.3) is 0 Å². The summed E-state index contributed by atoms with van der Waals surface area (Å²) in [6.07, 6.45) is -6.69. The lowest BCUT2D eigenvalue weighted by Gasteiger charge is -2.21. The molecule has 0 fully saturated rings. The van der Waals surface area contributed by atoms with Crippen molar-refractivity contribution in [3.8, 4) is 0 Å². The highest BCUT2D eigenvalue weighted by molar-refractivity contribution is 8.00. The maximum Gasteiger partial charge on any atom is 0.415 e. The van der Waals surface area contributed by atoms with Crippen LogP contribution in [-0.4, -0.2) is 27.9 Å². The third kappa shape index (κ3) is 5.71. The van der Waals surface area contributed by atoms with Gasteiger partial charge in [0, 0.05) is 10.5 Å². The normalized spacial score (nSPS) is 16.2. The molecule has 0 bridgehead atoms. The Hall–Kier alpha value is 0.100. The zero-order valence-electron chi connectivity index (χ0n) is 7.27. The van der Waals surface area contributed by atoms with Gasteiger partial charge in [-0.15, -0.1) is 0 Å². The van der Waals surface area contributed by atoms with Crippen molar-refractivity contribution in [1.82, 2.24) is 0 Å². The predicted molar refractivity (Wildman–Crippen MR) is 44.3 cm³/mol. The van der Waals surface area contributed by atoms with Crippen LogP contribution in [0.3, 0.4) is 0 Å². The van der Waals surface area contributed by atoms with E-state index in [1.54, 1.807) is 20.8 Å². The number of halogens is 3. The lowest BCUT2D eigenvalue weighted by Crippen LogP contribution is -2.32. The van der Waals surface area contributed by atoms with E-state index in [2.05, 4.69) is 0 Å². The van der Waals surface area contributed by atoms with Gasteiger partial charge < -0.3 is 5.11 Å². The van der Waals surface area contributed by atoms with Crippen LogP contribution in [0.1, 0.15) is 20.8 Å². The fourth-order valence-corrected chi connectivity index (χ4v) is 1.27. The van der Waals surface area contributed by atoms with Crippen molar-refractivity contribution >= 4 is 11.8 Å². The Kier molecular flexibility index (Phi) is 3.90. The Balaban J connectivity index is 3.80. The summed E-state index contributed by atoms with van der Waals surface area (Å²) < 4.78 is 35.0. The summed E-state index contributed by atoms with van der Waals surface area (Å²) >= 11 is 1.10. The smallest absolute Gasteiger partial charge is 0.383 e. The van der Waals surface area contributed by atoms with Crippen LogP contribution in [0.5, 0.6) is 0 Å². The molecule has 0 aliphatic carbocycles. The predicted octanol–water partition coefficient (Wildman–Crippen LogP) is 2.44. The Morgan fingerprint density at radius 1 is 1.25 bits per heavy atom. The maximum atomic E-state index is 11.8. The third-order valence-electron chi connectivity index (χ3n) is 1.05. The van der Waals surface area contributed by atoms with Crippen LogP contribution in [-0.2, 0) is 0 Å². The number of alkyl halides is 3. The molecule has 0 aromatic rings. The second kappa shape index (κ2) is 3.87. The fourth-order valence-electron chi connectivity index (χ4n) is 0.423. The van der Waals surface area contributed by atoms with Gasteiger partial charge in [0.2, 0.25) is 0 Å². The van der Waals surface area contributed by atoms with Gasteiger partial charge in [0.1, 0.15) is 0 Å². The third-order valence-corrected chi connectivity index (χ3v) is 2.40. The van der Waals surface area contributed by atoms with Crippen LogP contribution < -0.4 is 0 Å². The molecule has 0 aliphatic heterocycles. The summed E-state index contributed by atoms with van der Waals surface area (Å²) in [5.74, 6) is -0.299. The molecule has 0 spiro atoms. The highest BCUT2D eigenvalue weighted by Crippen LogP contribution is 2.29. The molecule has 0 heterocycles. The van der Waals surface area contributed by atoms with E-state index in [9.17, 15) is 13.2 Å². The summed E-state index contributed by atoms with van der Waals surface area (Å²) in [7, 11) is 0. The lowest BCUT2D eigenvalue weighted by atomic mass is 10.3. The molecule has 0 saturated heterocycles. The largest absolute Gasteiger partial charge is 0.415 e. The Labute approximate surface area is 74.3 Å². The lowest BCUT2D eigenvalue weighted by molar-refractivity contribution is -0.195. The Morgan fingerprint density at radius 2 is 1.67 bits per heavy atom. The zero-order valence-corrected chi connectivity index (χ0v) is 8.09. The molecule has 1 N–H and O–H groups in total. The van der Waals surface area contributed by atoms with Crippen LogP contribution >= 0.6 is 11.8 Å². The molecule has 1 unspecified atom stereocenters. The van der Waals surface area contributed by atoms with Gasteiger partial charge >= 0.3 is 6.18 Å². The highest BCUT2D eigenvalue weighted by atomic mass is 32.2. The minimum absolute atomic E-state index is 0.244. The summed E-state index contributed by atoms with van der Waals surface area (Å²) in [5.41, 5.74) is 0. The molecular formula is C7H13F3OS. The molecular weight excluding hydrogens is 189 g/mol. The first kappa shape index (κ1) is 12.1. The fraction of sp³-hybridized carbons (Fsp3) is 1.00. The molecule has 0 radical (unpaired) electrons. The van der Waals surface area contributed by atoms with Crippen LogP contribution in [0.4, 0.5) is 13.2 Å². The number of hydrogen-bond acceptors (Lipinski definition) is 2. The van der Waals surface area contributed by atoms with E-state index in [0.717, 1.165) is 11.8 Å². The van der Waals surface area contributed by atoms with Crippen LogP contribution in [0.15, 0.2) is 0 Å². The SMILES string of the molecule is CC(C)(C)SCC(O)C(F)(F)F. The molecule has 74 valence electrons. The van der Waals surface area contributed by atoms with Crippen molar-refractivity contribution in [3.05, 3.63) is 0 Å². The van der Waals surface area contributed by atoms with E-state index in [-0.39, 0.29) is 10.5 Å². The Bertz CT molecular complexity index is 139. The first-order valence-corrected chi connectivity index (χ1v) is 4.50. The van der Waals surface area contributed by atoms with Crippen molar-refractivity contribution in [2.75, 3.05) is 5.75 Å². The first-order chi connectivity index (χ1) is 5.13. The van der Waals surface area contributed by atoms with E-state index in [1.165, 1.54) is 0 Å². The van der Waals surface area contributed by atoms with Gasteiger partial charge in [0.25, 0.3) is 0 Å². The number of aliphatic hydroxyl groups is 1. The molecule has 0 aromatic carbocycles. The van der Waals surface area contributed by atoms with Crippen molar-refractivity contribution in [2.45, 2.75) is 37.8 Å². The summed E-state index contributed by atoms with van der Waals surface area (Å²) in [6, 6.07) is 0. The van der Waals surface area contributed by atoms with E-state index < -0.39 is 12.3 Å². The number of aliphatic hydroxyl groups excluding tert-OH is 1. The van der Waals surface area contributed by atoms with E-state index in [1.807, 2.05) is 0 Å². The topological polar surface area (TPSA) is 20.2 Å². The van der Waals surface area contributed by atoms with Gasteiger partial charge in [0.15, 0.2) is 6.10 Å². The monoisotopic (exact) mass is 202 g/mol. The Morgan fingerprint density at radius 3 is 1.92 bits per heavy atom. The minimum atomic E-state index is -4.49. The maximum absolute atomic E-state index is 11.8. The quantitative estimate of drug-likeness (QED) is 0.742. The molecule has 0 aliphatic rings. The minimum Gasteiger partial charge on any atom is -0.383 e. The zero-order chi connectivity index (χ0) is 9.99. The average molecular weight is 202 g/mol. The number of rotatable bonds is 2. The van der Waals surface area contributed by atoms with Gasteiger partial charge in [0.05, 0.1) is 0 Å². The second-order valence-electron chi connectivity index (χ2n) is 3.48. The van der Waals surface area contributed by atoms with E-state index >= 15 is 0 Å². The molecule has 12 heavy (non-hydrogen) atoms. The molecule has 0 amide bonds. The van der Waals surface area contributed by atoms with Gasteiger partial charge in [-0.25, -0.2) is 0 Å². The standard InChI is InChI=1S/C7H13F3OS/c1-6(2,3)12-4-5(11)7(8,9)10/h5,11H,4H2,1-3H3. The molecule has 0 rings (SSSR count).